The third kappa shape index (κ3) is 5.42. The van der Waals surface area contributed by atoms with Crippen molar-refractivity contribution in [3.05, 3.63) is 48.2 Å². The molecule has 1 fully saturated rings. The molecule has 1 saturated heterocycles. The predicted molar refractivity (Wildman–Crippen MR) is 124 cm³/mol. The van der Waals surface area contributed by atoms with Crippen molar-refractivity contribution in [3.63, 3.8) is 0 Å². The van der Waals surface area contributed by atoms with E-state index in [1.807, 2.05) is 11.0 Å². The Hall–Kier alpha value is -3.31. The van der Waals surface area contributed by atoms with Crippen molar-refractivity contribution in [2.45, 2.75) is 25.4 Å². The van der Waals surface area contributed by atoms with Crippen molar-refractivity contribution in [2.75, 3.05) is 49.5 Å². The molecule has 2 aromatic rings. The molecule has 4 N–H and O–H groups in total. The summed E-state index contributed by atoms with van der Waals surface area (Å²) in [4.78, 5) is 25.1. The lowest BCUT2D eigenvalue weighted by Gasteiger charge is -2.38. The summed E-state index contributed by atoms with van der Waals surface area (Å²) in [5.41, 5.74) is 6.74. The molecule has 1 aromatic carbocycles. The van der Waals surface area contributed by atoms with Crippen LogP contribution in [0, 0.1) is 0 Å². The number of ether oxygens (including phenoxy) is 1. The van der Waals surface area contributed by atoms with Crippen LogP contribution in [0.5, 0.6) is 5.75 Å². The highest BCUT2D eigenvalue weighted by Crippen LogP contribution is 2.39. The van der Waals surface area contributed by atoms with Gasteiger partial charge in [-0.25, -0.2) is 18.7 Å². The van der Waals surface area contributed by atoms with Gasteiger partial charge in [0, 0.05) is 57.3 Å². The lowest BCUT2D eigenvalue weighted by molar-refractivity contribution is -0.111. The summed E-state index contributed by atoms with van der Waals surface area (Å²) in [6, 6.07) is 5.24. The van der Waals surface area contributed by atoms with Crippen molar-refractivity contribution < 1.29 is 23.4 Å². The molecule has 0 saturated carbocycles. The number of hydrogen-bond donors (Lipinski definition) is 3. The number of piperazine rings is 1. The number of benzene rings is 1. The van der Waals surface area contributed by atoms with Crippen molar-refractivity contribution >= 4 is 22.9 Å². The maximum Gasteiger partial charge on any atom is 0.261 e. The van der Waals surface area contributed by atoms with Crippen LogP contribution in [0.25, 0.3) is 5.57 Å². The molecule has 2 aliphatic heterocycles. The first-order chi connectivity index (χ1) is 16.3. The molecule has 3 heterocycles. The molecule has 34 heavy (non-hydrogen) atoms. The minimum Gasteiger partial charge on any atom is -0.490 e. The van der Waals surface area contributed by atoms with Crippen LogP contribution < -0.4 is 20.7 Å². The van der Waals surface area contributed by atoms with Gasteiger partial charge in [-0.3, -0.25) is 9.69 Å². The van der Waals surface area contributed by atoms with Crippen LogP contribution in [0.4, 0.5) is 20.2 Å². The minimum absolute atomic E-state index is 0.106. The highest BCUT2D eigenvalue weighted by atomic mass is 19.3. The average molecular weight is 475 g/mol. The second kappa shape index (κ2) is 9.90. The maximum absolute atomic E-state index is 13.1. The number of nitrogens with two attached hydrogens (primary N) is 1. The molecule has 2 aliphatic rings. The normalized spacial score (nSPS) is 21.2. The summed E-state index contributed by atoms with van der Waals surface area (Å²) in [6.45, 7) is 3.53. The molecular formula is C23H28F2N6O3. The summed E-state index contributed by atoms with van der Waals surface area (Å²) < 4.78 is 31.4. The summed E-state index contributed by atoms with van der Waals surface area (Å²) in [6.07, 6.45) is 2.16. The molecule has 4 rings (SSSR count). The van der Waals surface area contributed by atoms with Crippen LogP contribution in [0.1, 0.15) is 18.3 Å². The topological polar surface area (TPSA) is 117 Å². The zero-order chi connectivity index (χ0) is 24.3. The van der Waals surface area contributed by atoms with Crippen LogP contribution in [-0.2, 0) is 11.2 Å². The van der Waals surface area contributed by atoms with E-state index in [1.165, 1.54) is 12.4 Å². The number of carbonyl (C=O) groups is 1. The molecule has 11 heteroatoms. The number of amides is 1. The lowest BCUT2D eigenvalue weighted by atomic mass is 9.93. The van der Waals surface area contributed by atoms with Gasteiger partial charge in [0.15, 0.2) is 5.82 Å². The number of nitrogens with zero attached hydrogens (tertiary/aromatic N) is 4. The van der Waals surface area contributed by atoms with Crippen LogP contribution in [0.3, 0.4) is 0 Å². The van der Waals surface area contributed by atoms with Crippen LogP contribution >= 0.6 is 0 Å². The monoisotopic (exact) mass is 474 g/mol. The zero-order valence-electron chi connectivity index (χ0n) is 18.9. The molecule has 0 bridgehead atoms. The quantitative estimate of drug-likeness (QED) is 0.540. The first-order valence-electron chi connectivity index (χ1n) is 11.0. The third-order valence-corrected chi connectivity index (χ3v) is 5.86. The summed E-state index contributed by atoms with van der Waals surface area (Å²) in [5.74, 6) is 0.319. The number of nitrogens with one attached hydrogen (secondary N) is 1. The fourth-order valence-corrected chi connectivity index (χ4v) is 4.19. The number of aliphatic hydroxyl groups is 1. The van der Waals surface area contributed by atoms with Gasteiger partial charge in [0.1, 0.15) is 12.4 Å². The van der Waals surface area contributed by atoms with Gasteiger partial charge in [-0.15, -0.1) is 0 Å². The van der Waals surface area contributed by atoms with E-state index in [0.717, 1.165) is 11.8 Å². The minimum atomic E-state index is -2.38. The molecular weight excluding hydrogens is 446 g/mol. The lowest BCUT2D eigenvalue weighted by Crippen LogP contribution is -2.48. The Balaban J connectivity index is 1.63. The molecule has 1 amide bonds. The second-order valence-electron chi connectivity index (χ2n) is 8.73. The number of fused-ring (bicyclic) bond motifs is 1. The number of alkyl halides is 2. The van der Waals surface area contributed by atoms with Gasteiger partial charge in [-0.05, 0) is 24.6 Å². The number of anilines is 2. The summed E-state index contributed by atoms with van der Waals surface area (Å²) in [7, 11) is 0. The number of hydrogen-bond acceptors (Lipinski definition) is 8. The number of halogens is 2. The Morgan fingerprint density at radius 1 is 1.29 bits per heavy atom. The Kier molecular flexibility index (Phi) is 6.94. The van der Waals surface area contributed by atoms with Crippen LogP contribution in [-0.4, -0.2) is 77.2 Å². The van der Waals surface area contributed by atoms with E-state index in [0.29, 0.717) is 49.7 Å². The number of aromatic nitrogens is 2. The Bertz CT molecular complexity index is 1060. The van der Waals surface area contributed by atoms with Gasteiger partial charge < -0.3 is 25.8 Å². The molecule has 182 valence electrons. The molecule has 0 spiro atoms. The van der Waals surface area contributed by atoms with E-state index in [4.69, 9.17) is 10.5 Å². The van der Waals surface area contributed by atoms with Crippen molar-refractivity contribution in [1.82, 2.24) is 14.9 Å². The van der Waals surface area contributed by atoms with E-state index in [-0.39, 0.29) is 24.5 Å². The van der Waals surface area contributed by atoms with Crippen molar-refractivity contribution in [1.29, 1.82) is 0 Å². The van der Waals surface area contributed by atoms with E-state index >= 15 is 0 Å². The smallest absolute Gasteiger partial charge is 0.261 e. The number of carbonyl (C=O) groups excluding carboxylic acids is 1. The summed E-state index contributed by atoms with van der Waals surface area (Å²) >= 11 is 0. The van der Waals surface area contributed by atoms with Gasteiger partial charge >= 0.3 is 0 Å². The van der Waals surface area contributed by atoms with E-state index in [1.54, 1.807) is 24.0 Å². The maximum atomic E-state index is 13.1. The van der Waals surface area contributed by atoms with Gasteiger partial charge in [0.2, 0.25) is 0 Å². The highest BCUT2D eigenvalue weighted by molar-refractivity contribution is 6.24. The standard InChI is InChI=1S/C23H28F2N6O3/c1-23(33)11-15-9-17(29-22(32)16(12-26)21-27-3-2-4-28-21)18(10-19(15)34-14-23)31-7-5-30(6-8-31)13-20(24)25/h2-4,9-10,12,20,33H,5-8,11,13-14,26H2,1H3,(H,29,32)/t23-/m1/s1. The zero-order valence-corrected chi connectivity index (χ0v) is 18.9. The molecule has 0 aliphatic carbocycles. The molecule has 9 nitrogen and oxygen atoms in total. The summed E-state index contributed by atoms with van der Waals surface area (Å²) in [5, 5.41) is 13.4. The van der Waals surface area contributed by atoms with E-state index in [9.17, 15) is 18.7 Å². The predicted octanol–water partition coefficient (Wildman–Crippen LogP) is 1.49. The highest BCUT2D eigenvalue weighted by Gasteiger charge is 2.31. The van der Waals surface area contributed by atoms with Gasteiger partial charge in [-0.1, -0.05) is 0 Å². The van der Waals surface area contributed by atoms with E-state index < -0.39 is 17.9 Å². The first-order valence-corrected chi connectivity index (χ1v) is 11.0. The fourth-order valence-electron chi connectivity index (χ4n) is 4.19. The van der Waals surface area contributed by atoms with Crippen molar-refractivity contribution in [2.24, 2.45) is 5.73 Å². The number of rotatable bonds is 6. The Morgan fingerprint density at radius 3 is 2.65 bits per heavy atom. The second-order valence-corrected chi connectivity index (χ2v) is 8.73. The third-order valence-electron chi connectivity index (χ3n) is 5.86. The Morgan fingerprint density at radius 2 is 2.00 bits per heavy atom. The first kappa shape index (κ1) is 23.8. The largest absolute Gasteiger partial charge is 0.490 e. The van der Waals surface area contributed by atoms with Crippen molar-refractivity contribution in [3.8, 4) is 5.75 Å². The van der Waals surface area contributed by atoms with Crippen LogP contribution in [0.2, 0.25) is 0 Å². The fraction of sp³-hybridized carbons (Fsp3) is 0.435. The van der Waals surface area contributed by atoms with E-state index in [2.05, 4.69) is 15.3 Å². The van der Waals surface area contributed by atoms with Crippen LogP contribution in [0.15, 0.2) is 36.8 Å². The molecule has 0 radical (unpaired) electrons. The average Bonchev–Trinajstić information content (AvgIpc) is 2.79. The molecule has 0 unspecified atom stereocenters. The van der Waals surface area contributed by atoms with Gasteiger partial charge in [0.05, 0.1) is 29.1 Å². The van der Waals surface area contributed by atoms with Gasteiger partial charge in [-0.2, -0.15) is 0 Å². The SMILES string of the molecule is C[C@]1(O)COc2cc(N3CCN(CC(F)F)CC3)c(NC(=O)C(=CN)c3ncccn3)cc2C1. The Labute approximate surface area is 196 Å². The molecule has 1 atom stereocenters. The van der Waals surface area contributed by atoms with Gasteiger partial charge in [0.25, 0.3) is 12.3 Å². The molecule has 1 aromatic heterocycles.